The maximum Gasteiger partial charge on any atom is 0.309 e. The van der Waals surface area contributed by atoms with Gasteiger partial charge in [-0.15, -0.1) is 24.0 Å². The Morgan fingerprint density at radius 2 is 1.83 bits per heavy atom. The first-order valence-electron chi connectivity index (χ1n) is 10.1. The molecule has 7 nitrogen and oxygen atoms in total. The van der Waals surface area contributed by atoms with Crippen LogP contribution in [0, 0.1) is 5.92 Å². The Bertz CT molecular complexity index is 732. The summed E-state index contributed by atoms with van der Waals surface area (Å²) in [5.41, 5.74) is 2.56. The summed E-state index contributed by atoms with van der Waals surface area (Å²) in [4.78, 5) is 32.9. The van der Waals surface area contributed by atoms with Crippen LogP contribution in [0.5, 0.6) is 0 Å². The predicted molar refractivity (Wildman–Crippen MR) is 123 cm³/mol. The summed E-state index contributed by atoms with van der Waals surface area (Å²) < 4.78 is 5.12. The molecule has 3 rings (SSSR count). The number of rotatable bonds is 4. The van der Waals surface area contributed by atoms with E-state index in [1.807, 2.05) is 24.0 Å². The third-order valence-corrected chi connectivity index (χ3v) is 5.51. The summed E-state index contributed by atoms with van der Waals surface area (Å²) in [5.74, 6) is 0.653. The molecule has 0 spiro atoms. The highest BCUT2D eigenvalue weighted by Gasteiger charge is 2.28. The van der Waals surface area contributed by atoms with Crippen molar-refractivity contribution >= 4 is 41.8 Å². The number of ether oxygens (including phenoxy) is 1. The Morgan fingerprint density at radius 1 is 1.14 bits per heavy atom. The number of nitrogens with zero attached hydrogens (tertiary/aromatic N) is 3. The molecule has 8 heteroatoms. The molecule has 0 saturated carbocycles. The molecule has 0 aliphatic carbocycles. The van der Waals surface area contributed by atoms with E-state index in [1.165, 1.54) is 11.1 Å². The Labute approximate surface area is 189 Å². The number of carbonyl (C=O) groups is 2. The Hall–Kier alpha value is -1.84. The van der Waals surface area contributed by atoms with Crippen molar-refractivity contribution in [1.29, 1.82) is 0 Å². The minimum absolute atomic E-state index is 0. The SMILES string of the molecule is CCOC(=O)C1CCN(C(=NC)NCC(=O)N2CCc3ccccc3C2)CC1.I. The molecule has 2 aliphatic rings. The lowest BCUT2D eigenvalue weighted by atomic mass is 9.97. The number of likely N-dealkylation sites (tertiary alicyclic amines) is 1. The second-order valence-electron chi connectivity index (χ2n) is 7.25. The number of hydrogen-bond donors (Lipinski definition) is 1. The number of guanidine groups is 1. The normalized spacial score (nSPS) is 17.2. The minimum Gasteiger partial charge on any atom is -0.466 e. The van der Waals surface area contributed by atoms with E-state index in [1.54, 1.807) is 7.05 Å². The van der Waals surface area contributed by atoms with Crippen molar-refractivity contribution in [1.82, 2.24) is 15.1 Å². The molecule has 29 heavy (non-hydrogen) atoms. The molecule has 1 N–H and O–H groups in total. The van der Waals surface area contributed by atoms with Gasteiger partial charge >= 0.3 is 5.97 Å². The summed E-state index contributed by atoms with van der Waals surface area (Å²) >= 11 is 0. The summed E-state index contributed by atoms with van der Waals surface area (Å²) in [6, 6.07) is 8.30. The Balaban J connectivity index is 0.00000300. The predicted octanol–water partition coefficient (Wildman–Crippen LogP) is 2.04. The van der Waals surface area contributed by atoms with Gasteiger partial charge in [0, 0.05) is 33.2 Å². The second kappa shape index (κ2) is 11.4. The quantitative estimate of drug-likeness (QED) is 0.288. The molecule has 0 unspecified atom stereocenters. The van der Waals surface area contributed by atoms with Gasteiger partial charge in [-0.25, -0.2) is 0 Å². The monoisotopic (exact) mass is 514 g/mol. The molecule has 2 heterocycles. The average molecular weight is 514 g/mol. The maximum absolute atomic E-state index is 12.7. The average Bonchev–Trinajstić information content (AvgIpc) is 2.74. The van der Waals surface area contributed by atoms with Crippen molar-refractivity contribution in [2.24, 2.45) is 10.9 Å². The lowest BCUT2D eigenvalue weighted by Crippen LogP contribution is -2.50. The van der Waals surface area contributed by atoms with Gasteiger partial charge in [0.25, 0.3) is 0 Å². The fourth-order valence-corrected chi connectivity index (χ4v) is 3.89. The van der Waals surface area contributed by atoms with Gasteiger partial charge < -0.3 is 19.9 Å². The molecule has 160 valence electrons. The number of carbonyl (C=O) groups excluding carboxylic acids is 2. The van der Waals surface area contributed by atoms with Crippen molar-refractivity contribution in [2.45, 2.75) is 32.7 Å². The smallest absolute Gasteiger partial charge is 0.309 e. The molecule has 1 aromatic rings. The van der Waals surface area contributed by atoms with Crippen LogP contribution in [-0.2, 0) is 27.3 Å². The first kappa shape index (κ1) is 23.4. The van der Waals surface area contributed by atoms with E-state index in [9.17, 15) is 9.59 Å². The van der Waals surface area contributed by atoms with Gasteiger partial charge in [0.2, 0.25) is 5.91 Å². The molecule has 0 bridgehead atoms. The van der Waals surface area contributed by atoms with Gasteiger partial charge in [0.05, 0.1) is 19.1 Å². The van der Waals surface area contributed by atoms with E-state index in [4.69, 9.17) is 4.74 Å². The third kappa shape index (κ3) is 6.07. The minimum atomic E-state index is -0.106. The van der Waals surface area contributed by atoms with Crippen molar-refractivity contribution in [3.63, 3.8) is 0 Å². The van der Waals surface area contributed by atoms with Gasteiger partial charge in [-0.05, 0) is 37.3 Å². The third-order valence-electron chi connectivity index (χ3n) is 5.51. The summed E-state index contributed by atoms with van der Waals surface area (Å²) in [5, 5.41) is 3.20. The van der Waals surface area contributed by atoms with E-state index in [0.717, 1.165) is 38.9 Å². The highest BCUT2D eigenvalue weighted by molar-refractivity contribution is 14.0. The standard InChI is InChI=1S/C21H30N4O3.HI/c1-3-28-20(27)17-9-11-24(12-10-17)21(22-2)23-14-19(26)25-13-8-16-6-4-5-7-18(16)15-25;/h4-7,17H,3,8-15H2,1-2H3,(H,22,23);1H. The second-order valence-corrected chi connectivity index (χ2v) is 7.25. The van der Waals surface area contributed by atoms with E-state index >= 15 is 0 Å². The molecule has 1 aromatic carbocycles. The van der Waals surface area contributed by atoms with Crippen LogP contribution in [0.2, 0.25) is 0 Å². The molecule has 0 radical (unpaired) electrons. The molecular formula is C21H31IN4O3. The first-order valence-corrected chi connectivity index (χ1v) is 10.1. The number of nitrogens with one attached hydrogen (secondary N) is 1. The number of aliphatic imine (C=N–C) groups is 1. The number of halogens is 1. The summed E-state index contributed by atoms with van der Waals surface area (Å²) in [7, 11) is 1.72. The zero-order chi connectivity index (χ0) is 19.9. The van der Waals surface area contributed by atoms with Crippen LogP contribution < -0.4 is 5.32 Å². The first-order chi connectivity index (χ1) is 13.6. The van der Waals surface area contributed by atoms with Gasteiger partial charge in [-0.2, -0.15) is 0 Å². The van der Waals surface area contributed by atoms with Crippen LogP contribution in [0.3, 0.4) is 0 Å². The molecule has 1 amide bonds. The van der Waals surface area contributed by atoms with E-state index in [0.29, 0.717) is 19.1 Å². The van der Waals surface area contributed by atoms with Crippen LogP contribution in [0.15, 0.2) is 29.3 Å². The number of benzene rings is 1. The van der Waals surface area contributed by atoms with Crippen LogP contribution >= 0.6 is 24.0 Å². The van der Waals surface area contributed by atoms with Crippen molar-refractivity contribution in [3.05, 3.63) is 35.4 Å². The number of piperidine rings is 1. The van der Waals surface area contributed by atoms with E-state index in [2.05, 4.69) is 27.3 Å². The fourth-order valence-electron chi connectivity index (χ4n) is 3.89. The number of esters is 1. The largest absolute Gasteiger partial charge is 0.466 e. The maximum atomic E-state index is 12.7. The Kier molecular flexibility index (Phi) is 9.19. The Morgan fingerprint density at radius 3 is 2.48 bits per heavy atom. The molecule has 0 aromatic heterocycles. The van der Waals surface area contributed by atoms with Crippen molar-refractivity contribution in [3.8, 4) is 0 Å². The van der Waals surface area contributed by atoms with Crippen molar-refractivity contribution < 1.29 is 14.3 Å². The van der Waals surface area contributed by atoms with Gasteiger partial charge in [-0.3, -0.25) is 14.6 Å². The van der Waals surface area contributed by atoms with Gasteiger partial charge in [-0.1, -0.05) is 24.3 Å². The van der Waals surface area contributed by atoms with Crippen molar-refractivity contribution in [2.75, 3.05) is 39.8 Å². The molecule has 1 saturated heterocycles. The van der Waals surface area contributed by atoms with Gasteiger partial charge in [0.1, 0.15) is 0 Å². The molecule has 2 aliphatic heterocycles. The van der Waals surface area contributed by atoms with E-state index < -0.39 is 0 Å². The highest BCUT2D eigenvalue weighted by Crippen LogP contribution is 2.20. The zero-order valence-electron chi connectivity index (χ0n) is 17.2. The zero-order valence-corrected chi connectivity index (χ0v) is 19.6. The topological polar surface area (TPSA) is 74.2 Å². The highest BCUT2D eigenvalue weighted by atomic mass is 127. The molecular weight excluding hydrogens is 483 g/mol. The number of hydrogen-bond acceptors (Lipinski definition) is 4. The lowest BCUT2D eigenvalue weighted by molar-refractivity contribution is -0.149. The molecule has 0 atom stereocenters. The van der Waals surface area contributed by atoms with Crippen LogP contribution in [0.25, 0.3) is 0 Å². The van der Waals surface area contributed by atoms with Gasteiger partial charge in [0.15, 0.2) is 5.96 Å². The summed E-state index contributed by atoms with van der Waals surface area (Å²) in [6.45, 7) is 5.36. The van der Waals surface area contributed by atoms with Crippen LogP contribution in [0.1, 0.15) is 30.9 Å². The summed E-state index contributed by atoms with van der Waals surface area (Å²) in [6.07, 6.45) is 2.39. The van der Waals surface area contributed by atoms with Crippen LogP contribution in [-0.4, -0.2) is 67.5 Å². The number of amides is 1. The molecule has 1 fully saturated rings. The number of fused-ring (bicyclic) bond motifs is 1. The van der Waals surface area contributed by atoms with Crippen LogP contribution in [0.4, 0.5) is 0 Å². The fraction of sp³-hybridized carbons (Fsp3) is 0.571. The lowest BCUT2D eigenvalue weighted by Gasteiger charge is -2.34. The van der Waals surface area contributed by atoms with E-state index in [-0.39, 0.29) is 48.3 Å².